The summed E-state index contributed by atoms with van der Waals surface area (Å²) in [6.45, 7) is 4.87. The van der Waals surface area contributed by atoms with Crippen molar-refractivity contribution in [2.24, 2.45) is 0 Å². The van der Waals surface area contributed by atoms with Crippen molar-refractivity contribution in [3.8, 4) is 17.7 Å². The summed E-state index contributed by atoms with van der Waals surface area (Å²) in [7, 11) is 0. The van der Waals surface area contributed by atoms with Crippen LogP contribution < -0.4 is 10.3 Å². The fourth-order valence-electron chi connectivity index (χ4n) is 3.24. The number of aromatic nitrogens is 1. The fraction of sp³-hybridized carbons (Fsp3) is 0.208. The molecule has 0 unspecified atom stereocenters. The first kappa shape index (κ1) is 22.1. The second-order valence-corrected chi connectivity index (χ2v) is 7.72. The van der Waals surface area contributed by atoms with E-state index in [1.54, 1.807) is 18.2 Å². The van der Waals surface area contributed by atoms with E-state index < -0.39 is 17.2 Å². The maximum Gasteiger partial charge on any atom is 0.271 e. The number of rotatable bonds is 6. The SMILES string of the molecule is Cc1ccc(Cn2c(O)c(C(=O)COc3ccc(Cl)c(C)c3)c(C)c(C#N)c2=O)cc1. The smallest absolute Gasteiger partial charge is 0.271 e. The number of carbonyl (C=O) groups excluding carboxylic acids is 1. The summed E-state index contributed by atoms with van der Waals surface area (Å²) in [4.78, 5) is 25.7. The van der Waals surface area contributed by atoms with Crippen molar-refractivity contribution in [1.82, 2.24) is 4.57 Å². The molecular weight excluding hydrogens is 416 g/mol. The number of benzene rings is 2. The van der Waals surface area contributed by atoms with Gasteiger partial charge in [0.05, 0.1) is 12.1 Å². The number of Topliss-reactive ketones (excluding diaryl/α,β-unsaturated/α-hetero) is 1. The van der Waals surface area contributed by atoms with Gasteiger partial charge in [-0.3, -0.25) is 14.2 Å². The number of nitriles is 1. The second-order valence-electron chi connectivity index (χ2n) is 7.31. The number of aromatic hydroxyl groups is 1. The monoisotopic (exact) mass is 436 g/mol. The number of pyridine rings is 1. The van der Waals surface area contributed by atoms with E-state index >= 15 is 0 Å². The maximum absolute atomic E-state index is 12.9. The zero-order chi connectivity index (χ0) is 22.7. The number of aryl methyl sites for hydroxylation is 2. The highest BCUT2D eigenvalue weighted by molar-refractivity contribution is 6.31. The molecule has 0 saturated carbocycles. The Kier molecular flexibility index (Phi) is 6.47. The van der Waals surface area contributed by atoms with E-state index in [4.69, 9.17) is 16.3 Å². The Hall–Kier alpha value is -3.56. The van der Waals surface area contributed by atoms with Crippen molar-refractivity contribution in [3.63, 3.8) is 0 Å². The summed E-state index contributed by atoms with van der Waals surface area (Å²) in [5.74, 6) is -0.583. The average Bonchev–Trinajstić information content (AvgIpc) is 2.73. The molecule has 7 heteroatoms. The Labute approximate surface area is 184 Å². The molecule has 6 nitrogen and oxygen atoms in total. The summed E-state index contributed by atoms with van der Waals surface area (Å²) in [6.07, 6.45) is 0. The van der Waals surface area contributed by atoms with Gasteiger partial charge in [0.25, 0.3) is 5.56 Å². The average molecular weight is 437 g/mol. The lowest BCUT2D eigenvalue weighted by molar-refractivity contribution is 0.0916. The minimum Gasteiger partial charge on any atom is -0.494 e. The number of ether oxygens (including phenoxy) is 1. The number of hydrogen-bond donors (Lipinski definition) is 1. The van der Waals surface area contributed by atoms with Gasteiger partial charge < -0.3 is 9.84 Å². The third-order valence-electron chi connectivity index (χ3n) is 5.04. The van der Waals surface area contributed by atoms with Gasteiger partial charge in [-0.2, -0.15) is 5.26 Å². The van der Waals surface area contributed by atoms with Crippen LogP contribution in [0.3, 0.4) is 0 Å². The highest BCUT2D eigenvalue weighted by Gasteiger charge is 2.24. The van der Waals surface area contributed by atoms with Gasteiger partial charge in [0, 0.05) is 5.02 Å². The number of nitrogens with zero attached hydrogens (tertiary/aromatic N) is 2. The molecule has 0 aliphatic carbocycles. The highest BCUT2D eigenvalue weighted by atomic mass is 35.5. The Morgan fingerprint density at radius 3 is 2.45 bits per heavy atom. The largest absolute Gasteiger partial charge is 0.494 e. The second kappa shape index (κ2) is 9.07. The Morgan fingerprint density at radius 2 is 1.84 bits per heavy atom. The van der Waals surface area contributed by atoms with Crippen LogP contribution in [0.2, 0.25) is 5.02 Å². The molecular formula is C24H21ClN2O4. The van der Waals surface area contributed by atoms with Crippen LogP contribution in [-0.2, 0) is 6.54 Å². The first-order valence-electron chi connectivity index (χ1n) is 9.57. The molecule has 1 aromatic heterocycles. The molecule has 3 rings (SSSR count). The highest BCUT2D eigenvalue weighted by Crippen LogP contribution is 2.25. The normalized spacial score (nSPS) is 10.5. The van der Waals surface area contributed by atoms with Gasteiger partial charge in [0.1, 0.15) is 17.4 Å². The summed E-state index contributed by atoms with van der Waals surface area (Å²) in [5, 5.41) is 20.9. The molecule has 31 heavy (non-hydrogen) atoms. The van der Waals surface area contributed by atoms with Crippen LogP contribution in [-0.4, -0.2) is 22.1 Å². The van der Waals surface area contributed by atoms with E-state index in [9.17, 15) is 20.0 Å². The lowest BCUT2D eigenvalue weighted by Crippen LogP contribution is -2.28. The third kappa shape index (κ3) is 4.62. The van der Waals surface area contributed by atoms with Crippen LogP contribution in [0.25, 0.3) is 0 Å². The van der Waals surface area contributed by atoms with Crippen LogP contribution >= 0.6 is 11.6 Å². The molecule has 0 bridgehead atoms. The van der Waals surface area contributed by atoms with Crippen molar-refractivity contribution in [3.05, 3.63) is 91.2 Å². The summed E-state index contributed by atoms with van der Waals surface area (Å²) < 4.78 is 6.59. The standard InChI is InChI=1S/C24H21ClN2O4/c1-14-4-6-17(7-5-14)12-27-23(29)19(11-26)16(3)22(24(27)30)21(28)13-31-18-8-9-20(25)15(2)10-18/h4-10,30H,12-13H2,1-3H3. The van der Waals surface area contributed by atoms with Crippen LogP contribution in [0.5, 0.6) is 11.6 Å². The predicted octanol–water partition coefficient (Wildman–Crippen LogP) is 4.31. The first-order valence-corrected chi connectivity index (χ1v) is 9.95. The molecule has 2 aromatic carbocycles. The number of carbonyl (C=O) groups is 1. The number of ketones is 1. The van der Waals surface area contributed by atoms with Gasteiger partial charge in [-0.05, 0) is 55.7 Å². The third-order valence-corrected chi connectivity index (χ3v) is 5.46. The lowest BCUT2D eigenvalue weighted by Gasteiger charge is -2.16. The van der Waals surface area contributed by atoms with E-state index in [0.29, 0.717) is 10.8 Å². The zero-order valence-electron chi connectivity index (χ0n) is 17.4. The minimum absolute atomic E-state index is 0.0252. The lowest BCUT2D eigenvalue weighted by atomic mass is 10.0. The summed E-state index contributed by atoms with van der Waals surface area (Å²) >= 11 is 6.00. The molecule has 0 radical (unpaired) electrons. The molecule has 0 fully saturated rings. The summed E-state index contributed by atoms with van der Waals surface area (Å²) in [6, 6.07) is 14.2. The molecule has 0 amide bonds. The van der Waals surface area contributed by atoms with Crippen LogP contribution in [0.1, 0.15) is 38.2 Å². The van der Waals surface area contributed by atoms with Gasteiger partial charge in [-0.25, -0.2) is 0 Å². The van der Waals surface area contributed by atoms with Gasteiger partial charge in [-0.15, -0.1) is 0 Å². The van der Waals surface area contributed by atoms with Crippen molar-refractivity contribution in [2.45, 2.75) is 27.3 Å². The Balaban J connectivity index is 1.97. The molecule has 1 N–H and O–H groups in total. The van der Waals surface area contributed by atoms with E-state index in [0.717, 1.165) is 21.3 Å². The van der Waals surface area contributed by atoms with Crippen molar-refractivity contribution < 1.29 is 14.6 Å². The van der Waals surface area contributed by atoms with Gasteiger partial charge >= 0.3 is 0 Å². The number of halogens is 1. The Bertz CT molecular complexity index is 1250. The van der Waals surface area contributed by atoms with Gasteiger partial charge in [-0.1, -0.05) is 41.4 Å². The molecule has 3 aromatic rings. The van der Waals surface area contributed by atoms with E-state index in [1.807, 2.05) is 44.2 Å². The van der Waals surface area contributed by atoms with Gasteiger partial charge in [0.15, 0.2) is 6.61 Å². The summed E-state index contributed by atoms with van der Waals surface area (Å²) in [5.41, 5.74) is 1.79. The van der Waals surface area contributed by atoms with Crippen LogP contribution in [0, 0.1) is 32.1 Å². The van der Waals surface area contributed by atoms with E-state index in [2.05, 4.69) is 0 Å². The van der Waals surface area contributed by atoms with Crippen molar-refractivity contribution in [1.29, 1.82) is 5.26 Å². The molecule has 0 saturated heterocycles. The van der Waals surface area contributed by atoms with Crippen molar-refractivity contribution >= 4 is 17.4 Å². The Morgan fingerprint density at radius 1 is 1.16 bits per heavy atom. The molecule has 0 aliphatic rings. The topological polar surface area (TPSA) is 92.3 Å². The quantitative estimate of drug-likeness (QED) is 0.581. The predicted molar refractivity (Wildman–Crippen MR) is 118 cm³/mol. The van der Waals surface area contributed by atoms with Crippen LogP contribution in [0.4, 0.5) is 0 Å². The van der Waals surface area contributed by atoms with Crippen molar-refractivity contribution in [2.75, 3.05) is 6.61 Å². The molecule has 0 atom stereocenters. The maximum atomic E-state index is 12.9. The minimum atomic E-state index is -0.649. The molecule has 0 spiro atoms. The molecule has 0 aliphatic heterocycles. The molecule has 158 valence electrons. The van der Waals surface area contributed by atoms with Gasteiger partial charge in [0.2, 0.25) is 11.7 Å². The first-order chi connectivity index (χ1) is 14.7. The van der Waals surface area contributed by atoms with E-state index in [1.165, 1.54) is 6.92 Å². The number of hydrogen-bond acceptors (Lipinski definition) is 5. The zero-order valence-corrected chi connectivity index (χ0v) is 18.2. The van der Waals surface area contributed by atoms with Crippen LogP contribution in [0.15, 0.2) is 47.3 Å². The van der Waals surface area contributed by atoms with E-state index in [-0.39, 0.29) is 29.8 Å². The fourth-order valence-corrected chi connectivity index (χ4v) is 3.35. The molecule has 1 heterocycles.